The van der Waals surface area contributed by atoms with Crippen LogP contribution in [0.3, 0.4) is 0 Å². The zero-order valence-electron chi connectivity index (χ0n) is 13.8. The van der Waals surface area contributed by atoms with E-state index in [4.69, 9.17) is 0 Å². The maximum Gasteiger partial charge on any atom is 0.239 e. The topological polar surface area (TPSA) is 87.3 Å². The lowest BCUT2D eigenvalue weighted by Gasteiger charge is -2.55. The molecule has 4 saturated carbocycles. The van der Waals surface area contributed by atoms with Crippen LogP contribution in [0.25, 0.3) is 0 Å². The molecule has 0 atom stereocenters. The number of hydrogen-bond donors (Lipinski definition) is 3. The van der Waals surface area contributed by atoms with Gasteiger partial charge in [-0.3, -0.25) is 14.4 Å². The van der Waals surface area contributed by atoms with Gasteiger partial charge in [0.05, 0.1) is 13.1 Å². The molecule has 4 bridgehead atoms. The van der Waals surface area contributed by atoms with Gasteiger partial charge in [-0.25, -0.2) is 0 Å². The molecule has 4 aliphatic carbocycles. The Balaban J connectivity index is 1.46. The van der Waals surface area contributed by atoms with Gasteiger partial charge in [-0.1, -0.05) is 0 Å². The largest absolute Gasteiger partial charge is 0.355 e. The number of hydrogen-bond acceptors (Lipinski definition) is 3. The third-order valence-electron chi connectivity index (χ3n) is 5.75. The number of carbonyl (C=O) groups excluding carboxylic acids is 3. The highest BCUT2D eigenvalue weighted by molar-refractivity contribution is 5.90. The van der Waals surface area contributed by atoms with E-state index < -0.39 is 0 Å². The SMILES string of the molecule is CCNC(=O)CNC(=O)CNC(=O)C12CC3CC(CC(C3)C1)C2. The molecule has 0 aromatic rings. The summed E-state index contributed by atoms with van der Waals surface area (Å²) in [6.07, 6.45) is 6.85. The maximum atomic E-state index is 12.7. The molecule has 3 N–H and O–H groups in total. The van der Waals surface area contributed by atoms with Gasteiger partial charge in [0, 0.05) is 12.0 Å². The Hall–Kier alpha value is -1.59. The molecule has 6 heteroatoms. The van der Waals surface area contributed by atoms with Crippen molar-refractivity contribution in [1.82, 2.24) is 16.0 Å². The molecule has 0 aliphatic heterocycles. The number of likely N-dealkylation sites (N-methyl/N-ethyl adjacent to an activating group) is 1. The van der Waals surface area contributed by atoms with Crippen LogP contribution in [0.15, 0.2) is 0 Å². The minimum atomic E-state index is -0.311. The molecule has 0 aromatic heterocycles. The van der Waals surface area contributed by atoms with Crippen molar-refractivity contribution in [1.29, 1.82) is 0 Å². The first-order valence-corrected chi connectivity index (χ1v) is 8.82. The quantitative estimate of drug-likeness (QED) is 0.668. The monoisotopic (exact) mass is 321 g/mol. The molecule has 23 heavy (non-hydrogen) atoms. The summed E-state index contributed by atoms with van der Waals surface area (Å²) in [6.45, 7) is 2.28. The van der Waals surface area contributed by atoms with Crippen LogP contribution in [0.4, 0.5) is 0 Å². The minimum absolute atomic E-state index is 0.0417. The highest BCUT2D eigenvalue weighted by Crippen LogP contribution is 2.60. The average molecular weight is 321 g/mol. The third-order valence-corrected chi connectivity index (χ3v) is 5.75. The molecule has 0 spiro atoms. The van der Waals surface area contributed by atoms with Crippen molar-refractivity contribution in [3.8, 4) is 0 Å². The van der Waals surface area contributed by atoms with Crippen molar-refractivity contribution >= 4 is 17.7 Å². The van der Waals surface area contributed by atoms with Crippen LogP contribution < -0.4 is 16.0 Å². The van der Waals surface area contributed by atoms with Crippen molar-refractivity contribution in [2.45, 2.75) is 45.4 Å². The van der Waals surface area contributed by atoms with Gasteiger partial charge >= 0.3 is 0 Å². The van der Waals surface area contributed by atoms with Crippen LogP contribution >= 0.6 is 0 Å². The second kappa shape index (κ2) is 6.49. The van der Waals surface area contributed by atoms with E-state index in [0.717, 1.165) is 19.3 Å². The van der Waals surface area contributed by atoms with E-state index in [-0.39, 0.29) is 36.2 Å². The molecule has 0 saturated heterocycles. The fourth-order valence-electron chi connectivity index (χ4n) is 5.24. The molecule has 0 radical (unpaired) electrons. The molecular weight excluding hydrogens is 294 g/mol. The van der Waals surface area contributed by atoms with Crippen LogP contribution in [0, 0.1) is 23.2 Å². The lowest BCUT2D eigenvalue weighted by atomic mass is 9.49. The Labute approximate surface area is 137 Å². The molecule has 4 rings (SSSR count). The van der Waals surface area contributed by atoms with E-state index in [1.54, 1.807) is 0 Å². The van der Waals surface area contributed by atoms with Gasteiger partial charge in [-0.15, -0.1) is 0 Å². The Kier molecular flexibility index (Phi) is 4.60. The van der Waals surface area contributed by atoms with E-state index in [1.165, 1.54) is 19.3 Å². The van der Waals surface area contributed by atoms with Gasteiger partial charge in [0.2, 0.25) is 17.7 Å². The molecule has 0 heterocycles. The van der Waals surface area contributed by atoms with Crippen molar-refractivity contribution in [2.24, 2.45) is 23.2 Å². The summed E-state index contributed by atoms with van der Waals surface area (Å²) in [5.74, 6) is 1.64. The lowest BCUT2D eigenvalue weighted by molar-refractivity contribution is -0.147. The molecule has 6 nitrogen and oxygen atoms in total. The first-order chi connectivity index (χ1) is 11.0. The predicted octanol–water partition coefficient (Wildman–Crippen LogP) is 0.571. The van der Waals surface area contributed by atoms with Crippen molar-refractivity contribution < 1.29 is 14.4 Å². The smallest absolute Gasteiger partial charge is 0.239 e. The number of amides is 3. The van der Waals surface area contributed by atoms with E-state index in [2.05, 4.69) is 16.0 Å². The van der Waals surface area contributed by atoms with Gasteiger partial charge < -0.3 is 16.0 Å². The summed E-state index contributed by atoms with van der Waals surface area (Å²) in [4.78, 5) is 35.8. The van der Waals surface area contributed by atoms with Crippen LogP contribution in [-0.4, -0.2) is 37.4 Å². The van der Waals surface area contributed by atoms with E-state index in [9.17, 15) is 14.4 Å². The van der Waals surface area contributed by atoms with Crippen LogP contribution in [0.1, 0.15) is 45.4 Å². The minimum Gasteiger partial charge on any atom is -0.355 e. The fraction of sp³-hybridized carbons (Fsp3) is 0.824. The Morgan fingerprint density at radius 3 is 1.83 bits per heavy atom. The highest BCUT2D eigenvalue weighted by atomic mass is 16.2. The van der Waals surface area contributed by atoms with Crippen molar-refractivity contribution in [3.05, 3.63) is 0 Å². The fourth-order valence-corrected chi connectivity index (χ4v) is 5.24. The highest BCUT2D eigenvalue weighted by Gasteiger charge is 2.54. The number of nitrogens with one attached hydrogen (secondary N) is 3. The molecule has 128 valence electrons. The van der Waals surface area contributed by atoms with Crippen LogP contribution in [0.5, 0.6) is 0 Å². The first kappa shape index (κ1) is 16.3. The Morgan fingerprint density at radius 2 is 1.30 bits per heavy atom. The predicted molar refractivity (Wildman–Crippen MR) is 85.3 cm³/mol. The summed E-state index contributed by atoms with van der Waals surface area (Å²) < 4.78 is 0. The van der Waals surface area contributed by atoms with Gasteiger partial charge in [-0.2, -0.15) is 0 Å². The summed E-state index contributed by atoms with van der Waals surface area (Å²) >= 11 is 0. The first-order valence-electron chi connectivity index (χ1n) is 8.82. The molecule has 3 amide bonds. The number of rotatable bonds is 6. The second-order valence-corrected chi connectivity index (χ2v) is 7.61. The van der Waals surface area contributed by atoms with Gasteiger partial charge in [0.25, 0.3) is 0 Å². The van der Waals surface area contributed by atoms with Crippen LogP contribution in [-0.2, 0) is 14.4 Å². The second-order valence-electron chi connectivity index (χ2n) is 7.61. The summed E-state index contributed by atoms with van der Waals surface area (Å²) in [6, 6.07) is 0. The Bertz CT molecular complexity index is 468. The Morgan fingerprint density at radius 1 is 0.826 bits per heavy atom. The molecule has 0 aromatic carbocycles. The maximum absolute atomic E-state index is 12.7. The molecular formula is C17H27N3O3. The molecule has 4 aliphatic rings. The molecule has 0 unspecified atom stereocenters. The van der Waals surface area contributed by atoms with E-state index >= 15 is 0 Å². The average Bonchev–Trinajstić information content (AvgIpc) is 2.49. The van der Waals surface area contributed by atoms with Gasteiger partial charge in [0.15, 0.2) is 0 Å². The van der Waals surface area contributed by atoms with E-state index in [0.29, 0.717) is 24.3 Å². The summed E-state index contributed by atoms with van der Waals surface area (Å²) in [5, 5.41) is 7.96. The normalized spacial score (nSPS) is 34.0. The zero-order valence-corrected chi connectivity index (χ0v) is 13.8. The summed E-state index contributed by atoms with van der Waals surface area (Å²) in [5.41, 5.74) is -0.228. The third kappa shape index (κ3) is 3.51. The lowest BCUT2D eigenvalue weighted by Crippen LogP contribution is -2.54. The van der Waals surface area contributed by atoms with Crippen molar-refractivity contribution in [3.63, 3.8) is 0 Å². The molecule has 4 fully saturated rings. The standard InChI is InChI=1S/C17H27N3O3/c1-2-18-14(21)9-19-15(22)10-20-16(23)17-6-11-3-12(7-17)5-13(4-11)8-17/h11-13H,2-10H2,1H3,(H,18,21)(H,19,22)(H,20,23). The van der Waals surface area contributed by atoms with E-state index in [1.807, 2.05) is 6.92 Å². The van der Waals surface area contributed by atoms with Gasteiger partial charge in [-0.05, 0) is 63.2 Å². The van der Waals surface area contributed by atoms with Crippen molar-refractivity contribution in [2.75, 3.05) is 19.6 Å². The summed E-state index contributed by atoms with van der Waals surface area (Å²) in [7, 11) is 0. The van der Waals surface area contributed by atoms with Crippen LogP contribution in [0.2, 0.25) is 0 Å². The zero-order chi connectivity index (χ0) is 16.4. The number of carbonyl (C=O) groups is 3. The van der Waals surface area contributed by atoms with Gasteiger partial charge in [0.1, 0.15) is 0 Å².